The number of rotatable bonds is 10. The van der Waals surface area contributed by atoms with E-state index in [1.54, 1.807) is 24.3 Å². The number of hydrogen-bond donors (Lipinski definition) is 0. The molecule has 0 amide bonds. The maximum absolute atomic E-state index is 13.3. The average Bonchev–Trinajstić information content (AvgIpc) is 2.63. The summed E-state index contributed by atoms with van der Waals surface area (Å²) in [5.41, 5.74) is 1.22. The van der Waals surface area contributed by atoms with Crippen LogP contribution in [0.2, 0.25) is 0 Å². The largest absolute Gasteiger partial charge is 0.494 e. The van der Waals surface area contributed by atoms with Crippen LogP contribution < -0.4 is 4.74 Å². The highest BCUT2D eigenvalue weighted by atomic mass is 19.1. The third kappa shape index (κ3) is 6.67. The van der Waals surface area contributed by atoms with Gasteiger partial charge in [-0.1, -0.05) is 18.7 Å². The van der Waals surface area contributed by atoms with E-state index < -0.39 is 17.6 Å². The van der Waals surface area contributed by atoms with E-state index in [1.165, 1.54) is 12.1 Å². The second-order valence-corrected chi connectivity index (χ2v) is 5.82. The zero-order valence-corrected chi connectivity index (χ0v) is 14.5. The predicted octanol–water partition coefficient (Wildman–Crippen LogP) is 5.30. The van der Waals surface area contributed by atoms with Gasteiger partial charge in [0.25, 0.3) is 0 Å². The highest BCUT2D eigenvalue weighted by molar-refractivity contribution is 5.81. The van der Waals surface area contributed by atoms with Gasteiger partial charge in [-0.15, -0.1) is 0 Å². The Morgan fingerprint density at radius 1 is 0.885 bits per heavy atom. The molecule has 0 heterocycles. The highest BCUT2D eigenvalue weighted by Gasteiger charge is 2.04. The Morgan fingerprint density at radius 3 is 2.12 bits per heavy atom. The summed E-state index contributed by atoms with van der Waals surface area (Å²) in [7, 11) is 0. The summed E-state index contributed by atoms with van der Waals surface area (Å²) in [4.78, 5) is 10.9. The molecular weight excluding hydrogens is 338 g/mol. The topological polar surface area (TPSA) is 35.5 Å². The van der Waals surface area contributed by atoms with Crippen molar-refractivity contribution in [2.45, 2.75) is 25.7 Å². The van der Waals surface area contributed by atoms with Crippen molar-refractivity contribution in [3.63, 3.8) is 0 Å². The van der Waals surface area contributed by atoms with Crippen LogP contribution in [0.5, 0.6) is 5.75 Å². The number of unbranched alkanes of at least 4 members (excludes halogenated alkanes) is 3. The van der Waals surface area contributed by atoms with Gasteiger partial charge in [0.15, 0.2) is 0 Å². The van der Waals surface area contributed by atoms with Gasteiger partial charge in [0.1, 0.15) is 17.4 Å². The van der Waals surface area contributed by atoms with Crippen LogP contribution in [-0.2, 0) is 9.53 Å². The van der Waals surface area contributed by atoms with Gasteiger partial charge in [-0.25, -0.2) is 13.6 Å². The molecule has 0 atom stereocenters. The van der Waals surface area contributed by atoms with Crippen molar-refractivity contribution < 1.29 is 23.0 Å². The van der Waals surface area contributed by atoms with Crippen LogP contribution in [0.3, 0.4) is 0 Å². The molecular formula is C21H22F2O3. The molecule has 0 spiro atoms. The number of carbonyl (C=O) groups excluding carboxylic acids is 1. The van der Waals surface area contributed by atoms with E-state index in [9.17, 15) is 13.6 Å². The van der Waals surface area contributed by atoms with Crippen LogP contribution in [0, 0.1) is 11.6 Å². The van der Waals surface area contributed by atoms with Crippen molar-refractivity contribution in [1.82, 2.24) is 0 Å². The van der Waals surface area contributed by atoms with E-state index in [-0.39, 0.29) is 0 Å². The fourth-order valence-electron chi connectivity index (χ4n) is 2.44. The molecule has 0 fully saturated rings. The minimum atomic E-state index is -0.598. The summed E-state index contributed by atoms with van der Waals surface area (Å²) in [5, 5.41) is 0. The lowest BCUT2D eigenvalue weighted by Gasteiger charge is -2.08. The molecule has 5 heteroatoms. The molecule has 26 heavy (non-hydrogen) atoms. The Bertz CT molecular complexity index is 706. The second-order valence-electron chi connectivity index (χ2n) is 5.82. The first kappa shape index (κ1) is 19.6. The summed E-state index contributed by atoms with van der Waals surface area (Å²) >= 11 is 0. The Morgan fingerprint density at radius 2 is 1.50 bits per heavy atom. The van der Waals surface area contributed by atoms with Gasteiger partial charge in [-0.2, -0.15) is 0 Å². The van der Waals surface area contributed by atoms with Crippen LogP contribution in [0.25, 0.3) is 11.1 Å². The number of benzene rings is 2. The smallest absolute Gasteiger partial charge is 0.330 e. The van der Waals surface area contributed by atoms with E-state index in [0.29, 0.717) is 24.5 Å². The summed E-state index contributed by atoms with van der Waals surface area (Å²) in [6.45, 7) is 4.33. The van der Waals surface area contributed by atoms with Gasteiger partial charge in [0.2, 0.25) is 0 Å². The minimum absolute atomic E-state index is 0.391. The lowest BCUT2D eigenvalue weighted by Crippen LogP contribution is -2.02. The SMILES string of the molecule is C=CC(=O)OCCCCCCOc1ccc(-c2cc(F)cc(F)c2)cc1. The van der Waals surface area contributed by atoms with E-state index in [2.05, 4.69) is 6.58 Å². The number of halogens is 2. The Balaban J connectivity index is 1.68. The molecule has 0 aliphatic carbocycles. The fraction of sp³-hybridized carbons (Fsp3) is 0.286. The molecule has 0 N–H and O–H groups in total. The molecule has 0 bridgehead atoms. The normalized spacial score (nSPS) is 10.4. The molecule has 0 unspecified atom stereocenters. The molecule has 2 aromatic carbocycles. The van der Waals surface area contributed by atoms with Crippen LogP contribution in [-0.4, -0.2) is 19.2 Å². The standard InChI is InChI=1S/C21H22F2O3/c1-2-21(24)26-12-6-4-3-5-11-25-20-9-7-16(8-10-20)17-13-18(22)15-19(23)14-17/h2,7-10,13-15H,1,3-6,11-12H2. The van der Waals surface area contributed by atoms with Crippen molar-refractivity contribution in [2.75, 3.05) is 13.2 Å². The van der Waals surface area contributed by atoms with Crippen LogP contribution >= 0.6 is 0 Å². The molecule has 0 radical (unpaired) electrons. The monoisotopic (exact) mass is 360 g/mol. The van der Waals surface area contributed by atoms with Crippen molar-refractivity contribution in [3.05, 3.63) is 66.8 Å². The van der Waals surface area contributed by atoms with Crippen LogP contribution in [0.1, 0.15) is 25.7 Å². The zero-order chi connectivity index (χ0) is 18.8. The molecule has 2 aromatic rings. The average molecular weight is 360 g/mol. The van der Waals surface area contributed by atoms with Crippen molar-refractivity contribution in [2.24, 2.45) is 0 Å². The number of hydrogen-bond acceptors (Lipinski definition) is 3. The van der Waals surface area contributed by atoms with Gasteiger partial charge >= 0.3 is 5.97 Å². The van der Waals surface area contributed by atoms with Gasteiger partial charge in [0, 0.05) is 12.1 Å². The molecule has 0 aliphatic heterocycles. The number of carbonyl (C=O) groups is 1. The van der Waals surface area contributed by atoms with Crippen molar-refractivity contribution in [1.29, 1.82) is 0 Å². The third-order valence-corrected chi connectivity index (χ3v) is 3.77. The molecule has 138 valence electrons. The first-order valence-corrected chi connectivity index (χ1v) is 8.57. The van der Waals surface area contributed by atoms with Gasteiger partial charge < -0.3 is 9.47 Å². The van der Waals surface area contributed by atoms with E-state index in [1.807, 2.05) is 0 Å². The molecule has 2 rings (SSSR count). The second kappa shape index (κ2) is 10.3. The molecule has 0 saturated carbocycles. The fourth-order valence-corrected chi connectivity index (χ4v) is 2.44. The number of esters is 1. The summed E-state index contributed by atoms with van der Waals surface area (Å²) < 4.78 is 37.1. The molecule has 3 nitrogen and oxygen atoms in total. The quantitative estimate of drug-likeness (QED) is 0.328. The van der Waals surface area contributed by atoms with E-state index >= 15 is 0 Å². The van der Waals surface area contributed by atoms with Crippen molar-refractivity contribution >= 4 is 5.97 Å². The van der Waals surface area contributed by atoms with Crippen LogP contribution in [0.15, 0.2) is 55.1 Å². The maximum atomic E-state index is 13.3. The van der Waals surface area contributed by atoms with E-state index in [4.69, 9.17) is 9.47 Å². The minimum Gasteiger partial charge on any atom is -0.494 e. The highest BCUT2D eigenvalue weighted by Crippen LogP contribution is 2.24. The van der Waals surface area contributed by atoms with Crippen LogP contribution in [0.4, 0.5) is 8.78 Å². The Labute approximate surface area is 152 Å². The van der Waals surface area contributed by atoms with E-state index in [0.717, 1.165) is 43.4 Å². The van der Waals surface area contributed by atoms with Crippen molar-refractivity contribution in [3.8, 4) is 16.9 Å². The Hall–Kier alpha value is -2.69. The third-order valence-electron chi connectivity index (χ3n) is 3.77. The van der Waals surface area contributed by atoms with Gasteiger partial charge in [-0.3, -0.25) is 0 Å². The van der Waals surface area contributed by atoms with Gasteiger partial charge in [-0.05, 0) is 61.1 Å². The first-order valence-electron chi connectivity index (χ1n) is 8.57. The lowest BCUT2D eigenvalue weighted by molar-refractivity contribution is -0.137. The molecule has 0 saturated heterocycles. The zero-order valence-electron chi connectivity index (χ0n) is 14.5. The predicted molar refractivity (Wildman–Crippen MR) is 96.9 cm³/mol. The summed E-state index contributed by atoms with van der Waals surface area (Å²) in [5.74, 6) is -0.873. The Kier molecular flexibility index (Phi) is 7.80. The number of ether oxygens (including phenoxy) is 2. The molecule has 0 aliphatic rings. The van der Waals surface area contributed by atoms with Gasteiger partial charge in [0.05, 0.1) is 13.2 Å². The first-order chi connectivity index (χ1) is 12.6. The lowest BCUT2D eigenvalue weighted by atomic mass is 10.1. The maximum Gasteiger partial charge on any atom is 0.330 e. The summed E-state index contributed by atoms with van der Waals surface area (Å²) in [6.07, 6.45) is 4.80. The molecule has 0 aromatic heterocycles. The summed E-state index contributed by atoms with van der Waals surface area (Å²) in [6, 6.07) is 10.6.